The van der Waals surface area contributed by atoms with Crippen LogP contribution in [0.3, 0.4) is 0 Å². The van der Waals surface area contributed by atoms with Crippen LogP contribution in [0.4, 0.5) is 0 Å². The summed E-state index contributed by atoms with van der Waals surface area (Å²) in [5, 5.41) is 18.3. The molecule has 0 spiro atoms. The summed E-state index contributed by atoms with van der Waals surface area (Å²) in [5.41, 5.74) is 3.08. The SMILES string of the molecule is CCC(c1nc2cc(C)ccc2n1CC#N)N(C)CCO. The highest BCUT2D eigenvalue weighted by Crippen LogP contribution is 2.27. The average Bonchev–Trinajstić information content (AvgIpc) is 2.78. The Labute approximate surface area is 125 Å². The van der Waals surface area contributed by atoms with E-state index < -0.39 is 0 Å². The van der Waals surface area contributed by atoms with Crippen LogP contribution in [0.1, 0.15) is 30.8 Å². The first kappa shape index (κ1) is 15.5. The second-order valence-corrected chi connectivity index (χ2v) is 5.33. The highest BCUT2D eigenvalue weighted by atomic mass is 16.3. The van der Waals surface area contributed by atoms with Gasteiger partial charge in [0.1, 0.15) is 12.4 Å². The number of benzene rings is 1. The van der Waals surface area contributed by atoms with Gasteiger partial charge >= 0.3 is 0 Å². The molecule has 2 aromatic rings. The van der Waals surface area contributed by atoms with E-state index in [1.165, 1.54) is 0 Å². The van der Waals surface area contributed by atoms with E-state index in [2.05, 4.69) is 17.9 Å². The summed E-state index contributed by atoms with van der Waals surface area (Å²) in [6.07, 6.45) is 0.879. The fraction of sp³-hybridized carbons (Fsp3) is 0.500. The molecule has 1 aromatic carbocycles. The van der Waals surface area contributed by atoms with Gasteiger partial charge in [0.15, 0.2) is 0 Å². The molecule has 0 bridgehead atoms. The number of aromatic nitrogens is 2. The van der Waals surface area contributed by atoms with Crippen LogP contribution in [-0.4, -0.2) is 39.8 Å². The van der Waals surface area contributed by atoms with Crippen LogP contribution in [0.2, 0.25) is 0 Å². The lowest BCUT2D eigenvalue weighted by molar-refractivity contribution is 0.170. The van der Waals surface area contributed by atoms with Gasteiger partial charge in [0.25, 0.3) is 0 Å². The molecule has 1 heterocycles. The van der Waals surface area contributed by atoms with Crippen molar-refractivity contribution in [1.29, 1.82) is 5.26 Å². The van der Waals surface area contributed by atoms with Crippen molar-refractivity contribution in [2.45, 2.75) is 32.9 Å². The van der Waals surface area contributed by atoms with Crippen LogP contribution < -0.4 is 0 Å². The predicted octanol–water partition coefficient (Wildman–Crippen LogP) is 2.24. The third kappa shape index (κ3) is 3.07. The number of likely N-dealkylation sites (N-methyl/N-ethyl adjacent to an activating group) is 1. The number of aliphatic hydroxyl groups is 1. The molecule has 5 heteroatoms. The van der Waals surface area contributed by atoms with Crippen LogP contribution in [0.15, 0.2) is 18.2 Å². The number of fused-ring (bicyclic) bond motifs is 1. The molecule has 1 unspecified atom stereocenters. The fourth-order valence-corrected chi connectivity index (χ4v) is 2.75. The van der Waals surface area contributed by atoms with Gasteiger partial charge in [-0.3, -0.25) is 4.90 Å². The summed E-state index contributed by atoms with van der Waals surface area (Å²) in [7, 11) is 1.98. The number of aliphatic hydroxyl groups excluding tert-OH is 1. The van der Waals surface area contributed by atoms with Crippen LogP contribution in [0, 0.1) is 18.3 Å². The zero-order valence-corrected chi connectivity index (χ0v) is 12.9. The second kappa shape index (κ2) is 6.70. The zero-order valence-electron chi connectivity index (χ0n) is 12.9. The standard InChI is InChI=1S/C16H22N4O/c1-4-14(19(3)9-10-21)16-18-13-11-12(2)5-6-15(13)20(16)8-7-17/h5-6,11,14,21H,4,8-10H2,1-3H3. The van der Waals surface area contributed by atoms with Gasteiger partial charge in [0.05, 0.1) is 29.8 Å². The number of imidazole rings is 1. The summed E-state index contributed by atoms with van der Waals surface area (Å²) < 4.78 is 1.98. The molecule has 0 saturated heterocycles. The highest BCUT2D eigenvalue weighted by Gasteiger charge is 2.22. The monoisotopic (exact) mass is 286 g/mol. The van der Waals surface area contributed by atoms with Gasteiger partial charge in [-0.2, -0.15) is 5.26 Å². The molecule has 0 amide bonds. The molecule has 1 aromatic heterocycles. The Morgan fingerprint density at radius 1 is 1.48 bits per heavy atom. The maximum absolute atomic E-state index is 9.16. The first-order valence-corrected chi connectivity index (χ1v) is 7.27. The largest absolute Gasteiger partial charge is 0.395 e. The molecule has 1 atom stereocenters. The molecule has 112 valence electrons. The maximum Gasteiger partial charge on any atom is 0.128 e. The molecule has 0 aliphatic rings. The quantitative estimate of drug-likeness (QED) is 0.884. The topological polar surface area (TPSA) is 65.1 Å². The van der Waals surface area contributed by atoms with E-state index in [-0.39, 0.29) is 12.6 Å². The molecule has 0 aliphatic carbocycles. The minimum atomic E-state index is 0.0956. The molecular formula is C16H22N4O. The van der Waals surface area contributed by atoms with Crippen LogP contribution >= 0.6 is 0 Å². The number of hydrogen-bond acceptors (Lipinski definition) is 4. The molecule has 0 aliphatic heterocycles. The van der Waals surface area contributed by atoms with Crippen molar-refractivity contribution < 1.29 is 5.11 Å². The summed E-state index contributed by atoms with van der Waals surface area (Å²) in [6, 6.07) is 8.43. The summed E-state index contributed by atoms with van der Waals surface area (Å²) in [6.45, 7) is 5.13. The van der Waals surface area contributed by atoms with Crippen molar-refractivity contribution in [1.82, 2.24) is 14.5 Å². The van der Waals surface area contributed by atoms with Crippen LogP contribution in [0.5, 0.6) is 0 Å². The van der Waals surface area contributed by atoms with Gasteiger partial charge in [0.2, 0.25) is 0 Å². The zero-order chi connectivity index (χ0) is 15.4. The van der Waals surface area contributed by atoms with E-state index in [0.717, 1.165) is 28.8 Å². The molecule has 21 heavy (non-hydrogen) atoms. The molecule has 2 rings (SSSR count). The van der Waals surface area contributed by atoms with Crippen molar-refractivity contribution >= 4 is 11.0 Å². The number of nitriles is 1. The second-order valence-electron chi connectivity index (χ2n) is 5.33. The summed E-state index contributed by atoms with van der Waals surface area (Å²) >= 11 is 0. The third-order valence-corrected chi connectivity index (χ3v) is 3.83. The Balaban J connectivity index is 2.55. The van der Waals surface area contributed by atoms with Gasteiger partial charge in [-0.1, -0.05) is 13.0 Å². The molecule has 0 saturated carbocycles. The highest BCUT2D eigenvalue weighted by molar-refractivity contribution is 5.77. The lowest BCUT2D eigenvalue weighted by Crippen LogP contribution is -2.29. The minimum absolute atomic E-state index is 0.0956. The van der Waals surface area contributed by atoms with E-state index in [0.29, 0.717) is 13.1 Å². The number of hydrogen-bond donors (Lipinski definition) is 1. The van der Waals surface area contributed by atoms with E-state index in [1.54, 1.807) is 0 Å². The summed E-state index contributed by atoms with van der Waals surface area (Å²) in [5.74, 6) is 0.899. The molecular weight excluding hydrogens is 264 g/mol. The van der Waals surface area contributed by atoms with E-state index >= 15 is 0 Å². The molecule has 1 N–H and O–H groups in total. The van der Waals surface area contributed by atoms with Gasteiger partial charge in [-0.05, 0) is 38.1 Å². The first-order valence-electron chi connectivity index (χ1n) is 7.27. The normalized spacial score (nSPS) is 12.8. The van der Waals surface area contributed by atoms with E-state index in [4.69, 9.17) is 15.4 Å². The Hall–Kier alpha value is -1.90. The molecule has 5 nitrogen and oxygen atoms in total. The minimum Gasteiger partial charge on any atom is -0.395 e. The Bertz CT molecular complexity index is 656. The molecule has 0 fully saturated rings. The molecule has 0 radical (unpaired) electrons. The first-order chi connectivity index (χ1) is 10.1. The fourth-order valence-electron chi connectivity index (χ4n) is 2.75. The Morgan fingerprint density at radius 2 is 2.24 bits per heavy atom. The van der Waals surface area contributed by atoms with Gasteiger partial charge in [-0.15, -0.1) is 0 Å². The maximum atomic E-state index is 9.16. The average molecular weight is 286 g/mol. The Morgan fingerprint density at radius 3 is 2.86 bits per heavy atom. The van der Waals surface area contributed by atoms with E-state index in [1.807, 2.05) is 36.7 Å². The van der Waals surface area contributed by atoms with Crippen LogP contribution in [0.25, 0.3) is 11.0 Å². The lowest BCUT2D eigenvalue weighted by atomic mass is 10.2. The van der Waals surface area contributed by atoms with Crippen LogP contribution in [-0.2, 0) is 6.54 Å². The number of nitrogens with zero attached hydrogens (tertiary/aromatic N) is 4. The third-order valence-electron chi connectivity index (χ3n) is 3.83. The van der Waals surface area contributed by atoms with Crippen molar-refractivity contribution in [2.24, 2.45) is 0 Å². The van der Waals surface area contributed by atoms with Crippen molar-refractivity contribution in [3.8, 4) is 6.07 Å². The Kier molecular flexibility index (Phi) is 4.94. The van der Waals surface area contributed by atoms with Gasteiger partial charge in [-0.25, -0.2) is 4.98 Å². The van der Waals surface area contributed by atoms with Crippen molar-refractivity contribution in [3.63, 3.8) is 0 Å². The summed E-state index contributed by atoms with van der Waals surface area (Å²) in [4.78, 5) is 6.84. The predicted molar refractivity (Wildman–Crippen MR) is 82.8 cm³/mol. The lowest BCUT2D eigenvalue weighted by Gasteiger charge is -2.26. The number of rotatable bonds is 6. The van der Waals surface area contributed by atoms with Crippen molar-refractivity contribution in [2.75, 3.05) is 20.2 Å². The van der Waals surface area contributed by atoms with Gasteiger partial charge in [0, 0.05) is 6.54 Å². The number of aryl methyl sites for hydroxylation is 1. The van der Waals surface area contributed by atoms with Gasteiger partial charge < -0.3 is 9.67 Å². The van der Waals surface area contributed by atoms with E-state index in [9.17, 15) is 0 Å². The smallest absolute Gasteiger partial charge is 0.128 e. The van der Waals surface area contributed by atoms with Crippen molar-refractivity contribution in [3.05, 3.63) is 29.6 Å².